The summed E-state index contributed by atoms with van der Waals surface area (Å²) in [5.41, 5.74) is 7.88. The highest BCUT2D eigenvalue weighted by atomic mass is 79.9. The summed E-state index contributed by atoms with van der Waals surface area (Å²) in [6, 6.07) is 10.7. The van der Waals surface area contributed by atoms with Crippen LogP contribution in [0.1, 0.15) is 24.3 Å². The van der Waals surface area contributed by atoms with E-state index in [9.17, 15) is 0 Å². The number of nitrogens with zero attached hydrogens (tertiary/aromatic N) is 1. The molecule has 0 saturated carbocycles. The number of anilines is 1. The Morgan fingerprint density at radius 3 is 2.70 bits per heavy atom. The summed E-state index contributed by atoms with van der Waals surface area (Å²) in [6.45, 7) is 5.23. The fraction of sp³-hybridized carbons (Fsp3) is 0.267. The van der Waals surface area contributed by atoms with Crippen LogP contribution >= 0.6 is 39.5 Å². The van der Waals surface area contributed by atoms with Crippen LogP contribution in [0.15, 0.2) is 40.2 Å². The molecule has 1 heterocycles. The molecule has 2 rings (SSSR count). The molecule has 106 valence electrons. The van der Waals surface area contributed by atoms with Crippen molar-refractivity contribution in [1.29, 1.82) is 0 Å². The number of benzene rings is 1. The first-order valence-corrected chi connectivity index (χ1v) is 8.45. The summed E-state index contributed by atoms with van der Waals surface area (Å²) in [4.78, 5) is 4.08. The molecule has 0 spiro atoms. The van der Waals surface area contributed by atoms with Crippen molar-refractivity contribution in [1.82, 2.24) is 0 Å². The van der Waals surface area contributed by atoms with Gasteiger partial charge in [-0.3, -0.25) is 0 Å². The molecule has 0 saturated heterocycles. The maximum Gasteiger partial charge on any atom is 0.106 e. The average Bonchev–Trinajstić information content (AvgIpc) is 2.89. The van der Waals surface area contributed by atoms with E-state index in [1.54, 1.807) is 11.3 Å². The molecule has 0 fully saturated rings. The smallest absolute Gasteiger partial charge is 0.106 e. The molecule has 0 atom stereocenters. The van der Waals surface area contributed by atoms with Gasteiger partial charge in [0.1, 0.15) is 4.99 Å². The van der Waals surface area contributed by atoms with Gasteiger partial charge in [-0.1, -0.05) is 34.2 Å². The Balaban J connectivity index is 2.41. The van der Waals surface area contributed by atoms with E-state index in [1.807, 2.05) is 12.1 Å². The van der Waals surface area contributed by atoms with Gasteiger partial charge in [0.15, 0.2) is 0 Å². The Labute approximate surface area is 137 Å². The van der Waals surface area contributed by atoms with Gasteiger partial charge in [0.25, 0.3) is 0 Å². The van der Waals surface area contributed by atoms with Gasteiger partial charge in [0.2, 0.25) is 0 Å². The molecule has 20 heavy (non-hydrogen) atoms. The van der Waals surface area contributed by atoms with Gasteiger partial charge in [-0.2, -0.15) is 0 Å². The molecule has 0 unspecified atom stereocenters. The van der Waals surface area contributed by atoms with Crippen molar-refractivity contribution >= 4 is 50.2 Å². The number of rotatable bonds is 5. The van der Waals surface area contributed by atoms with E-state index in [0.29, 0.717) is 11.0 Å². The Morgan fingerprint density at radius 1 is 1.40 bits per heavy atom. The van der Waals surface area contributed by atoms with Crippen molar-refractivity contribution < 1.29 is 0 Å². The summed E-state index contributed by atoms with van der Waals surface area (Å²) >= 11 is 10.4. The molecule has 0 amide bonds. The SMILES string of the molecule is CC(C)N(Cc1cccs1)c1ccc(Br)cc1C(N)=S. The molecule has 0 aliphatic heterocycles. The number of thiophene rings is 1. The standard InChI is InChI=1S/C15H17BrN2S2/c1-10(2)18(9-12-4-3-7-20-12)14-6-5-11(16)8-13(14)15(17)19/h3-8,10H,9H2,1-2H3,(H2,17,19). The molecule has 0 aliphatic rings. The number of thiocarbonyl (C=S) groups is 1. The van der Waals surface area contributed by atoms with Gasteiger partial charge in [-0.15, -0.1) is 11.3 Å². The molecule has 1 aromatic carbocycles. The van der Waals surface area contributed by atoms with Crippen LogP contribution in [0.25, 0.3) is 0 Å². The normalized spacial score (nSPS) is 10.8. The van der Waals surface area contributed by atoms with Crippen molar-refractivity contribution in [3.8, 4) is 0 Å². The lowest BCUT2D eigenvalue weighted by atomic mass is 10.1. The third kappa shape index (κ3) is 3.59. The maximum absolute atomic E-state index is 5.88. The summed E-state index contributed by atoms with van der Waals surface area (Å²) in [6.07, 6.45) is 0. The lowest BCUT2D eigenvalue weighted by Gasteiger charge is -2.30. The lowest BCUT2D eigenvalue weighted by molar-refractivity contribution is 0.687. The van der Waals surface area contributed by atoms with Crippen LogP contribution in [-0.4, -0.2) is 11.0 Å². The molecule has 0 bridgehead atoms. The van der Waals surface area contributed by atoms with E-state index in [1.165, 1.54) is 4.88 Å². The number of hydrogen-bond acceptors (Lipinski definition) is 3. The summed E-state index contributed by atoms with van der Waals surface area (Å²) in [5, 5.41) is 2.10. The molecular weight excluding hydrogens is 352 g/mol. The molecule has 2 aromatic rings. The average molecular weight is 369 g/mol. The van der Waals surface area contributed by atoms with E-state index in [-0.39, 0.29) is 0 Å². The monoisotopic (exact) mass is 368 g/mol. The van der Waals surface area contributed by atoms with E-state index in [4.69, 9.17) is 18.0 Å². The Kier molecular flexibility index (Phi) is 5.18. The summed E-state index contributed by atoms with van der Waals surface area (Å²) in [5.74, 6) is 0. The number of nitrogens with two attached hydrogens (primary N) is 1. The van der Waals surface area contributed by atoms with Crippen LogP contribution in [0.4, 0.5) is 5.69 Å². The largest absolute Gasteiger partial charge is 0.389 e. The van der Waals surface area contributed by atoms with E-state index in [2.05, 4.69) is 58.3 Å². The topological polar surface area (TPSA) is 29.3 Å². The van der Waals surface area contributed by atoms with Gasteiger partial charge in [-0.05, 0) is 43.5 Å². The number of halogens is 1. The lowest BCUT2D eigenvalue weighted by Crippen LogP contribution is -2.31. The molecule has 2 nitrogen and oxygen atoms in total. The predicted octanol–water partition coefficient (Wildman–Crippen LogP) is 4.56. The van der Waals surface area contributed by atoms with Crippen LogP contribution in [-0.2, 0) is 6.54 Å². The van der Waals surface area contributed by atoms with E-state index in [0.717, 1.165) is 22.3 Å². The number of hydrogen-bond donors (Lipinski definition) is 1. The molecule has 0 radical (unpaired) electrons. The molecular formula is C15H17BrN2S2. The van der Waals surface area contributed by atoms with Crippen LogP contribution < -0.4 is 10.6 Å². The first-order chi connectivity index (χ1) is 9.49. The zero-order chi connectivity index (χ0) is 14.7. The van der Waals surface area contributed by atoms with Gasteiger partial charge < -0.3 is 10.6 Å². The zero-order valence-corrected chi connectivity index (χ0v) is 14.7. The highest BCUT2D eigenvalue weighted by Gasteiger charge is 2.17. The predicted molar refractivity (Wildman–Crippen MR) is 95.7 cm³/mol. The minimum absolute atomic E-state index is 0.367. The maximum atomic E-state index is 5.88. The highest BCUT2D eigenvalue weighted by Crippen LogP contribution is 2.28. The van der Waals surface area contributed by atoms with E-state index >= 15 is 0 Å². The van der Waals surface area contributed by atoms with Gasteiger partial charge in [-0.25, -0.2) is 0 Å². The second-order valence-electron chi connectivity index (χ2n) is 4.83. The van der Waals surface area contributed by atoms with Crippen molar-refractivity contribution in [2.75, 3.05) is 4.90 Å². The van der Waals surface area contributed by atoms with Crippen LogP contribution in [0.3, 0.4) is 0 Å². The molecule has 1 aromatic heterocycles. The Hall–Kier alpha value is -0.910. The molecule has 5 heteroatoms. The second kappa shape index (κ2) is 6.70. The van der Waals surface area contributed by atoms with E-state index < -0.39 is 0 Å². The van der Waals surface area contributed by atoms with Gasteiger partial charge in [0, 0.05) is 26.6 Å². The van der Waals surface area contributed by atoms with Crippen molar-refractivity contribution in [3.05, 3.63) is 50.6 Å². The molecule has 0 aliphatic carbocycles. The highest BCUT2D eigenvalue weighted by molar-refractivity contribution is 9.10. The van der Waals surface area contributed by atoms with Gasteiger partial charge in [0.05, 0.1) is 6.54 Å². The minimum atomic E-state index is 0.367. The molecule has 2 N–H and O–H groups in total. The third-order valence-electron chi connectivity index (χ3n) is 3.06. The third-order valence-corrected chi connectivity index (χ3v) is 4.64. The van der Waals surface area contributed by atoms with Crippen LogP contribution in [0, 0.1) is 0 Å². The van der Waals surface area contributed by atoms with Crippen molar-refractivity contribution in [3.63, 3.8) is 0 Å². The fourth-order valence-electron chi connectivity index (χ4n) is 2.07. The summed E-state index contributed by atoms with van der Waals surface area (Å²) < 4.78 is 0.990. The Bertz CT molecular complexity index is 594. The second-order valence-corrected chi connectivity index (χ2v) is 7.21. The first-order valence-electron chi connectivity index (χ1n) is 6.37. The first kappa shape index (κ1) is 15.5. The quantitative estimate of drug-likeness (QED) is 0.784. The fourth-order valence-corrected chi connectivity index (χ4v) is 3.30. The summed E-state index contributed by atoms with van der Waals surface area (Å²) in [7, 11) is 0. The van der Waals surface area contributed by atoms with Crippen LogP contribution in [0.5, 0.6) is 0 Å². The zero-order valence-electron chi connectivity index (χ0n) is 11.5. The van der Waals surface area contributed by atoms with Gasteiger partial charge >= 0.3 is 0 Å². The Morgan fingerprint density at radius 2 is 2.15 bits per heavy atom. The van der Waals surface area contributed by atoms with Crippen molar-refractivity contribution in [2.24, 2.45) is 5.73 Å². The van der Waals surface area contributed by atoms with Crippen molar-refractivity contribution in [2.45, 2.75) is 26.4 Å². The minimum Gasteiger partial charge on any atom is -0.389 e. The van der Waals surface area contributed by atoms with Crippen LogP contribution in [0.2, 0.25) is 0 Å².